The van der Waals surface area contributed by atoms with E-state index in [0.717, 1.165) is 0 Å². The van der Waals surface area contributed by atoms with Crippen LogP contribution in [0, 0.1) is 0 Å². The molecule has 0 fully saturated rings. The number of carboxylic acids is 1. The molecule has 0 unspecified atom stereocenters. The Labute approximate surface area is 155 Å². The number of oxazole rings is 1. The first-order valence-corrected chi connectivity index (χ1v) is 8.60. The summed E-state index contributed by atoms with van der Waals surface area (Å²) in [6.45, 7) is 0.462. The maximum absolute atomic E-state index is 11.7. The predicted molar refractivity (Wildman–Crippen MR) is 94.8 cm³/mol. The molecule has 0 aliphatic heterocycles. The Morgan fingerprint density at radius 1 is 1.20 bits per heavy atom. The lowest BCUT2D eigenvalue weighted by molar-refractivity contribution is -0.137. The number of carboxylic acid groups (broad SMARTS) is 1. The zero-order valence-corrected chi connectivity index (χ0v) is 14.9. The Kier molecular flexibility index (Phi) is 7.28. The van der Waals surface area contributed by atoms with Crippen molar-refractivity contribution in [1.29, 1.82) is 0 Å². The number of unbranched alkanes of at least 4 members (excludes halogenated alkanes) is 1. The Morgan fingerprint density at radius 2 is 2.00 bits per heavy atom. The monoisotopic (exact) mass is 384 g/mol. The number of benzene rings is 1. The fourth-order valence-corrected chi connectivity index (χ4v) is 2.68. The summed E-state index contributed by atoms with van der Waals surface area (Å²) in [5, 5.41) is 12.3. The van der Waals surface area contributed by atoms with Gasteiger partial charge in [0, 0.05) is 36.4 Å². The van der Waals surface area contributed by atoms with Crippen molar-refractivity contribution in [3.05, 3.63) is 40.3 Å². The minimum Gasteiger partial charge on any atom is -0.481 e. The van der Waals surface area contributed by atoms with E-state index in [1.165, 1.54) is 0 Å². The summed E-state index contributed by atoms with van der Waals surface area (Å²) in [7, 11) is 0. The number of carbonyl (C=O) groups is 2. The van der Waals surface area contributed by atoms with Crippen molar-refractivity contribution in [1.82, 2.24) is 10.3 Å². The quantitative estimate of drug-likeness (QED) is 0.638. The van der Waals surface area contributed by atoms with Gasteiger partial charge < -0.3 is 14.8 Å². The van der Waals surface area contributed by atoms with Crippen LogP contribution in [-0.2, 0) is 16.0 Å². The maximum Gasteiger partial charge on any atom is 0.303 e. The molecule has 0 aliphatic rings. The van der Waals surface area contributed by atoms with Crippen molar-refractivity contribution < 1.29 is 19.1 Å². The Balaban J connectivity index is 1.77. The molecule has 0 radical (unpaired) electrons. The summed E-state index contributed by atoms with van der Waals surface area (Å²) in [4.78, 5) is 26.3. The van der Waals surface area contributed by atoms with Gasteiger partial charge in [0.2, 0.25) is 5.91 Å². The molecule has 0 atom stereocenters. The molecular weight excluding hydrogens is 367 g/mol. The number of halogens is 2. The molecule has 0 aliphatic carbocycles. The highest BCUT2D eigenvalue weighted by atomic mass is 35.5. The average Bonchev–Trinajstić information content (AvgIpc) is 3.01. The molecule has 25 heavy (non-hydrogen) atoms. The molecule has 2 aromatic rings. The summed E-state index contributed by atoms with van der Waals surface area (Å²) < 4.78 is 5.63. The van der Waals surface area contributed by atoms with Gasteiger partial charge in [0.1, 0.15) is 0 Å². The molecule has 2 N–H and O–H groups in total. The van der Waals surface area contributed by atoms with Crippen molar-refractivity contribution >= 4 is 35.1 Å². The molecule has 1 aromatic heterocycles. The topological polar surface area (TPSA) is 92.4 Å². The highest BCUT2D eigenvalue weighted by molar-refractivity contribution is 6.36. The second kappa shape index (κ2) is 9.44. The van der Waals surface area contributed by atoms with E-state index in [0.29, 0.717) is 53.1 Å². The van der Waals surface area contributed by atoms with Crippen LogP contribution in [0.15, 0.2) is 28.8 Å². The minimum absolute atomic E-state index is 0.113. The van der Waals surface area contributed by atoms with E-state index in [9.17, 15) is 9.59 Å². The lowest BCUT2D eigenvalue weighted by Crippen LogP contribution is -2.24. The Bertz CT molecular complexity index is 746. The van der Waals surface area contributed by atoms with Gasteiger partial charge in [0.25, 0.3) is 0 Å². The van der Waals surface area contributed by atoms with E-state index in [1.54, 1.807) is 24.4 Å². The van der Waals surface area contributed by atoms with E-state index in [2.05, 4.69) is 10.3 Å². The number of hydrogen-bond acceptors (Lipinski definition) is 4. The SMILES string of the molecule is O=C(O)CCCCNC(=O)CCc1ncc(-c2ccc(Cl)cc2Cl)o1. The third kappa shape index (κ3) is 6.40. The summed E-state index contributed by atoms with van der Waals surface area (Å²) in [6, 6.07) is 5.08. The van der Waals surface area contributed by atoms with Crippen LogP contribution >= 0.6 is 23.2 Å². The van der Waals surface area contributed by atoms with E-state index < -0.39 is 5.97 Å². The van der Waals surface area contributed by atoms with Gasteiger partial charge in [-0.25, -0.2) is 4.98 Å². The predicted octanol–water partition coefficient (Wildman–Crippen LogP) is 3.95. The second-order valence-corrected chi connectivity index (χ2v) is 6.29. The van der Waals surface area contributed by atoms with Crippen molar-refractivity contribution in [2.45, 2.75) is 32.1 Å². The molecule has 1 aromatic carbocycles. The van der Waals surface area contributed by atoms with E-state index >= 15 is 0 Å². The van der Waals surface area contributed by atoms with Crippen LogP contribution < -0.4 is 5.32 Å². The van der Waals surface area contributed by atoms with Crippen LogP contribution in [0.1, 0.15) is 31.6 Å². The third-order valence-corrected chi connectivity index (χ3v) is 4.00. The molecule has 0 saturated carbocycles. The molecular formula is C17H18Cl2N2O4. The zero-order valence-electron chi connectivity index (χ0n) is 13.4. The molecule has 134 valence electrons. The lowest BCUT2D eigenvalue weighted by Gasteiger charge is -2.03. The zero-order chi connectivity index (χ0) is 18.2. The van der Waals surface area contributed by atoms with Crippen molar-refractivity contribution in [3.63, 3.8) is 0 Å². The summed E-state index contributed by atoms with van der Waals surface area (Å²) in [5.74, 6) is 0.0132. The van der Waals surface area contributed by atoms with E-state index in [4.69, 9.17) is 32.7 Å². The number of hydrogen-bond donors (Lipinski definition) is 2. The molecule has 0 bridgehead atoms. The number of nitrogens with one attached hydrogen (secondary N) is 1. The van der Waals surface area contributed by atoms with Gasteiger partial charge >= 0.3 is 5.97 Å². The number of amides is 1. The van der Waals surface area contributed by atoms with Crippen molar-refractivity contribution in [2.24, 2.45) is 0 Å². The van der Waals surface area contributed by atoms with Gasteiger partial charge in [0.05, 0.1) is 11.2 Å². The lowest BCUT2D eigenvalue weighted by atomic mass is 10.2. The number of rotatable bonds is 9. The van der Waals surface area contributed by atoms with E-state index in [1.807, 2.05) is 0 Å². The number of aryl methyl sites for hydroxylation is 1. The normalized spacial score (nSPS) is 10.6. The molecule has 0 spiro atoms. The maximum atomic E-state index is 11.7. The Hall–Kier alpha value is -2.05. The van der Waals surface area contributed by atoms with Crippen LogP contribution in [0.2, 0.25) is 10.0 Å². The molecule has 2 rings (SSSR count). The highest BCUT2D eigenvalue weighted by Crippen LogP contribution is 2.30. The van der Waals surface area contributed by atoms with Crippen LogP contribution in [0.25, 0.3) is 11.3 Å². The first-order chi connectivity index (χ1) is 12.0. The Morgan fingerprint density at radius 3 is 2.72 bits per heavy atom. The van der Waals surface area contributed by atoms with Gasteiger partial charge in [-0.2, -0.15) is 0 Å². The molecule has 1 heterocycles. The minimum atomic E-state index is -0.827. The summed E-state index contributed by atoms with van der Waals surface area (Å²) in [6.07, 6.45) is 3.46. The fourth-order valence-electron chi connectivity index (χ4n) is 2.18. The number of nitrogens with zero attached hydrogens (tertiary/aromatic N) is 1. The summed E-state index contributed by atoms with van der Waals surface area (Å²) in [5.41, 5.74) is 0.688. The van der Waals surface area contributed by atoms with Crippen LogP contribution in [0.5, 0.6) is 0 Å². The first kappa shape index (κ1) is 19.3. The average molecular weight is 385 g/mol. The molecule has 1 amide bonds. The van der Waals surface area contributed by atoms with Gasteiger partial charge in [-0.05, 0) is 31.0 Å². The van der Waals surface area contributed by atoms with Crippen LogP contribution in [-0.4, -0.2) is 28.5 Å². The van der Waals surface area contributed by atoms with Crippen molar-refractivity contribution in [2.75, 3.05) is 6.54 Å². The number of aromatic nitrogens is 1. The molecule has 0 saturated heterocycles. The van der Waals surface area contributed by atoms with Gasteiger partial charge in [0.15, 0.2) is 11.7 Å². The third-order valence-electron chi connectivity index (χ3n) is 3.46. The number of carbonyl (C=O) groups excluding carboxylic acids is 1. The molecule has 6 nitrogen and oxygen atoms in total. The van der Waals surface area contributed by atoms with Crippen LogP contribution in [0.4, 0.5) is 0 Å². The number of aliphatic carboxylic acids is 1. The fraction of sp³-hybridized carbons (Fsp3) is 0.353. The van der Waals surface area contributed by atoms with Gasteiger partial charge in [-0.15, -0.1) is 0 Å². The second-order valence-electron chi connectivity index (χ2n) is 5.44. The van der Waals surface area contributed by atoms with Crippen molar-refractivity contribution in [3.8, 4) is 11.3 Å². The highest BCUT2D eigenvalue weighted by Gasteiger charge is 2.11. The van der Waals surface area contributed by atoms with Gasteiger partial charge in [-0.1, -0.05) is 23.2 Å². The molecule has 8 heteroatoms. The largest absolute Gasteiger partial charge is 0.481 e. The smallest absolute Gasteiger partial charge is 0.303 e. The van der Waals surface area contributed by atoms with E-state index in [-0.39, 0.29) is 18.7 Å². The van der Waals surface area contributed by atoms with Crippen LogP contribution in [0.3, 0.4) is 0 Å². The van der Waals surface area contributed by atoms with Gasteiger partial charge in [-0.3, -0.25) is 9.59 Å². The summed E-state index contributed by atoms with van der Waals surface area (Å²) >= 11 is 12.0. The standard InChI is InChI=1S/C17H18Cl2N2O4/c18-11-4-5-12(13(19)9-11)14-10-21-16(25-14)7-6-15(22)20-8-2-1-3-17(23)24/h4-5,9-10H,1-3,6-8H2,(H,20,22)(H,23,24). The first-order valence-electron chi connectivity index (χ1n) is 7.84.